The molecular formula is C20H18F2N2O3. The number of halogens is 2. The number of aryl methyl sites for hydroxylation is 2. The minimum Gasteiger partial charge on any atom is -0.481 e. The van der Waals surface area contributed by atoms with Gasteiger partial charge < -0.3 is 9.26 Å². The maximum absolute atomic E-state index is 13.3. The first-order valence-corrected chi connectivity index (χ1v) is 8.30. The number of benzene rings is 2. The van der Waals surface area contributed by atoms with E-state index in [0.717, 1.165) is 23.3 Å². The van der Waals surface area contributed by atoms with Gasteiger partial charge >= 0.3 is 0 Å². The quantitative estimate of drug-likeness (QED) is 0.708. The van der Waals surface area contributed by atoms with Crippen LogP contribution in [0.5, 0.6) is 5.75 Å². The van der Waals surface area contributed by atoms with Gasteiger partial charge in [-0.2, -0.15) is 0 Å². The molecule has 0 radical (unpaired) electrons. The molecule has 0 saturated carbocycles. The van der Waals surface area contributed by atoms with Crippen molar-refractivity contribution in [2.75, 3.05) is 5.32 Å². The molecule has 0 unspecified atom stereocenters. The number of ether oxygens (including phenoxy) is 1. The second kappa shape index (κ2) is 7.57. The van der Waals surface area contributed by atoms with Gasteiger partial charge in [0.1, 0.15) is 11.4 Å². The van der Waals surface area contributed by atoms with Crippen LogP contribution in [0.25, 0.3) is 11.3 Å². The van der Waals surface area contributed by atoms with Gasteiger partial charge in [-0.05, 0) is 62.2 Å². The highest BCUT2D eigenvalue weighted by Crippen LogP contribution is 2.24. The van der Waals surface area contributed by atoms with Crippen molar-refractivity contribution in [1.29, 1.82) is 0 Å². The van der Waals surface area contributed by atoms with Crippen molar-refractivity contribution < 1.29 is 22.8 Å². The summed E-state index contributed by atoms with van der Waals surface area (Å²) in [5, 5.41) is 6.30. The fraction of sp³-hybridized carbons (Fsp3) is 0.200. The molecule has 1 heterocycles. The van der Waals surface area contributed by atoms with Gasteiger partial charge in [-0.25, -0.2) is 8.78 Å². The summed E-state index contributed by atoms with van der Waals surface area (Å²) >= 11 is 0. The molecule has 1 amide bonds. The topological polar surface area (TPSA) is 64.4 Å². The van der Waals surface area contributed by atoms with E-state index >= 15 is 0 Å². The van der Waals surface area contributed by atoms with Crippen LogP contribution < -0.4 is 10.1 Å². The molecule has 2 aromatic carbocycles. The van der Waals surface area contributed by atoms with Crippen LogP contribution in [0.2, 0.25) is 0 Å². The molecule has 7 heteroatoms. The zero-order valence-electron chi connectivity index (χ0n) is 15.0. The third kappa shape index (κ3) is 4.31. The van der Waals surface area contributed by atoms with Crippen molar-refractivity contribution >= 4 is 11.8 Å². The Balaban J connectivity index is 1.66. The Labute approximate surface area is 154 Å². The number of amides is 1. The van der Waals surface area contributed by atoms with Crippen LogP contribution in [0, 0.1) is 25.5 Å². The monoisotopic (exact) mass is 372 g/mol. The van der Waals surface area contributed by atoms with Gasteiger partial charge in [-0.15, -0.1) is 0 Å². The molecule has 140 valence electrons. The van der Waals surface area contributed by atoms with E-state index in [2.05, 4.69) is 10.5 Å². The van der Waals surface area contributed by atoms with Crippen LogP contribution in [0.3, 0.4) is 0 Å². The van der Waals surface area contributed by atoms with Crippen LogP contribution in [0.1, 0.15) is 18.1 Å². The number of hydrogen-bond donors (Lipinski definition) is 1. The average molecular weight is 372 g/mol. The van der Waals surface area contributed by atoms with Crippen molar-refractivity contribution in [2.45, 2.75) is 26.9 Å². The Morgan fingerprint density at radius 3 is 2.56 bits per heavy atom. The lowest BCUT2D eigenvalue weighted by Gasteiger charge is -2.14. The Hall–Kier alpha value is -3.22. The summed E-state index contributed by atoms with van der Waals surface area (Å²) in [4.78, 5) is 12.3. The molecule has 5 nitrogen and oxygen atoms in total. The fourth-order valence-electron chi connectivity index (χ4n) is 2.39. The van der Waals surface area contributed by atoms with Crippen LogP contribution >= 0.6 is 0 Å². The molecular weight excluding hydrogens is 354 g/mol. The van der Waals surface area contributed by atoms with E-state index in [9.17, 15) is 13.6 Å². The zero-order chi connectivity index (χ0) is 19.6. The van der Waals surface area contributed by atoms with Gasteiger partial charge in [0.05, 0.1) is 0 Å². The Morgan fingerprint density at radius 1 is 1.07 bits per heavy atom. The molecule has 0 spiro atoms. The van der Waals surface area contributed by atoms with E-state index in [1.807, 2.05) is 26.0 Å². The van der Waals surface area contributed by atoms with Gasteiger partial charge in [0.15, 0.2) is 17.7 Å². The van der Waals surface area contributed by atoms with Crippen LogP contribution in [0.4, 0.5) is 14.7 Å². The standard InChI is InChI=1S/C20H18F2N2O3/c1-11-4-6-15(8-12(11)2)26-13(3)20(25)23-19-10-18(24-27-19)14-5-7-16(21)17(22)9-14/h4-10,13H,1-3H3,(H,23,25)/t13-/m1/s1. The number of carbonyl (C=O) groups is 1. The van der Waals surface area contributed by atoms with Crippen molar-refractivity contribution in [1.82, 2.24) is 5.16 Å². The highest BCUT2D eigenvalue weighted by molar-refractivity contribution is 5.93. The van der Waals surface area contributed by atoms with Crippen LogP contribution in [-0.2, 0) is 4.79 Å². The minimum absolute atomic E-state index is 0.0790. The molecule has 0 aliphatic rings. The lowest BCUT2D eigenvalue weighted by atomic mass is 10.1. The molecule has 0 fully saturated rings. The van der Waals surface area contributed by atoms with Gasteiger partial charge in [0.2, 0.25) is 5.88 Å². The summed E-state index contributed by atoms with van der Waals surface area (Å²) in [6.07, 6.45) is -0.774. The minimum atomic E-state index is -0.989. The zero-order valence-corrected chi connectivity index (χ0v) is 15.0. The van der Waals surface area contributed by atoms with E-state index in [-0.39, 0.29) is 11.6 Å². The molecule has 27 heavy (non-hydrogen) atoms. The fourth-order valence-corrected chi connectivity index (χ4v) is 2.39. The van der Waals surface area contributed by atoms with Crippen molar-refractivity contribution in [2.24, 2.45) is 0 Å². The first-order chi connectivity index (χ1) is 12.8. The summed E-state index contributed by atoms with van der Waals surface area (Å²) in [5.41, 5.74) is 2.79. The third-order valence-corrected chi connectivity index (χ3v) is 4.13. The summed E-state index contributed by atoms with van der Waals surface area (Å²) < 4.78 is 37.0. The van der Waals surface area contributed by atoms with Gasteiger partial charge in [0.25, 0.3) is 5.91 Å². The van der Waals surface area contributed by atoms with Gasteiger partial charge in [-0.1, -0.05) is 11.2 Å². The lowest BCUT2D eigenvalue weighted by Crippen LogP contribution is -2.30. The molecule has 3 aromatic rings. The number of hydrogen-bond acceptors (Lipinski definition) is 4. The Kier molecular flexibility index (Phi) is 5.21. The molecule has 3 rings (SSSR count). The largest absolute Gasteiger partial charge is 0.481 e. The molecule has 0 aliphatic heterocycles. The van der Waals surface area contributed by atoms with E-state index in [4.69, 9.17) is 9.26 Å². The SMILES string of the molecule is Cc1ccc(O[C@H](C)C(=O)Nc2cc(-c3ccc(F)c(F)c3)no2)cc1C. The third-order valence-electron chi connectivity index (χ3n) is 4.13. The summed E-state index contributed by atoms with van der Waals surface area (Å²) in [6, 6.07) is 10.4. The first kappa shape index (κ1) is 18.6. The Morgan fingerprint density at radius 2 is 1.85 bits per heavy atom. The molecule has 0 bridgehead atoms. The lowest BCUT2D eigenvalue weighted by molar-refractivity contribution is -0.122. The number of nitrogens with one attached hydrogen (secondary N) is 1. The predicted octanol–water partition coefficient (Wildman–Crippen LogP) is 4.64. The number of carbonyl (C=O) groups excluding carboxylic acids is 1. The summed E-state index contributed by atoms with van der Waals surface area (Å²) in [6.45, 7) is 5.56. The van der Waals surface area contributed by atoms with E-state index < -0.39 is 23.6 Å². The maximum Gasteiger partial charge on any atom is 0.267 e. The molecule has 1 atom stereocenters. The molecule has 0 saturated heterocycles. The highest BCUT2D eigenvalue weighted by atomic mass is 19.2. The normalized spacial score (nSPS) is 11.9. The number of rotatable bonds is 5. The number of nitrogens with zero attached hydrogens (tertiary/aromatic N) is 1. The van der Waals surface area contributed by atoms with Crippen molar-refractivity contribution in [3.8, 4) is 17.0 Å². The smallest absolute Gasteiger partial charge is 0.267 e. The highest BCUT2D eigenvalue weighted by Gasteiger charge is 2.18. The van der Waals surface area contributed by atoms with E-state index in [0.29, 0.717) is 11.3 Å². The first-order valence-electron chi connectivity index (χ1n) is 8.30. The second-order valence-electron chi connectivity index (χ2n) is 6.20. The number of anilines is 1. The summed E-state index contributed by atoms with van der Waals surface area (Å²) in [5.74, 6) is -1.71. The van der Waals surface area contributed by atoms with Crippen LogP contribution in [-0.4, -0.2) is 17.2 Å². The summed E-state index contributed by atoms with van der Waals surface area (Å²) in [7, 11) is 0. The average Bonchev–Trinajstić information content (AvgIpc) is 3.09. The Bertz CT molecular complexity index is 985. The van der Waals surface area contributed by atoms with E-state index in [1.54, 1.807) is 13.0 Å². The predicted molar refractivity (Wildman–Crippen MR) is 96.5 cm³/mol. The van der Waals surface area contributed by atoms with Crippen molar-refractivity contribution in [3.63, 3.8) is 0 Å². The van der Waals surface area contributed by atoms with Crippen LogP contribution in [0.15, 0.2) is 47.0 Å². The molecule has 1 N–H and O–H groups in total. The number of aromatic nitrogens is 1. The van der Waals surface area contributed by atoms with Gasteiger partial charge in [0, 0.05) is 11.6 Å². The van der Waals surface area contributed by atoms with E-state index in [1.165, 1.54) is 12.1 Å². The second-order valence-corrected chi connectivity index (χ2v) is 6.20. The van der Waals surface area contributed by atoms with Crippen molar-refractivity contribution in [3.05, 3.63) is 65.2 Å². The molecule has 1 aromatic heterocycles. The molecule has 0 aliphatic carbocycles. The maximum atomic E-state index is 13.3. The van der Waals surface area contributed by atoms with Gasteiger partial charge in [-0.3, -0.25) is 10.1 Å².